The molecule has 1 aromatic heterocycles. The fourth-order valence-corrected chi connectivity index (χ4v) is 9.53. The van der Waals surface area contributed by atoms with Gasteiger partial charge < -0.3 is 0 Å². The Morgan fingerprint density at radius 3 is 1.29 bits per heavy atom. The summed E-state index contributed by atoms with van der Waals surface area (Å²) in [6.07, 6.45) is 0. The van der Waals surface area contributed by atoms with Crippen molar-refractivity contribution in [3.8, 4) is 95.9 Å². The van der Waals surface area contributed by atoms with Crippen molar-refractivity contribution >= 4 is 32.3 Å². The number of nitrogens with zero attached hydrogens (tertiary/aromatic N) is 4. The number of fused-ring (bicyclic) bond motifs is 5. The Bertz CT molecular complexity index is 3480. The zero-order valence-electron chi connectivity index (χ0n) is 33.4. The molecule has 0 aliphatic heterocycles. The van der Waals surface area contributed by atoms with E-state index in [1.807, 2.05) is 60.7 Å². The van der Waals surface area contributed by atoms with Crippen molar-refractivity contribution in [1.82, 2.24) is 15.0 Å². The van der Waals surface area contributed by atoms with Crippen LogP contribution in [0.1, 0.15) is 5.56 Å². The van der Waals surface area contributed by atoms with E-state index in [9.17, 15) is 5.26 Å². The summed E-state index contributed by atoms with van der Waals surface area (Å²) in [5.74, 6) is 1.89. The van der Waals surface area contributed by atoms with Gasteiger partial charge in [-0.1, -0.05) is 188 Å². The van der Waals surface area contributed by atoms with Crippen molar-refractivity contribution in [3.05, 3.63) is 212 Å². The van der Waals surface area contributed by atoms with Crippen LogP contribution in [0.5, 0.6) is 0 Å². The molecule has 1 aliphatic rings. The van der Waals surface area contributed by atoms with E-state index in [1.165, 1.54) is 49.7 Å². The lowest BCUT2D eigenvalue weighted by Crippen LogP contribution is -2.01. The van der Waals surface area contributed by atoms with Gasteiger partial charge in [-0.3, -0.25) is 0 Å². The number of aromatic nitrogens is 3. The minimum atomic E-state index is 0.631. The van der Waals surface area contributed by atoms with E-state index >= 15 is 0 Å². The van der Waals surface area contributed by atoms with Crippen LogP contribution in [-0.4, -0.2) is 15.0 Å². The molecule has 0 radical (unpaired) electrons. The molecule has 0 unspecified atom stereocenters. The molecule has 0 saturated carbocycles. The highest BCUT2D eigenvalue weighted by atomic mass is 15.0. The molecule has 11 aromatic rings. The number of benzene rings is 10. The van der Waals surface area contributed by atoms with Crippen LogP contribution in [0.2, 0.25) is 0 Å². The van der Waals surface area contributed by atoms with Gasteiger partial charge in [0.25, 0.3) is 0 Å². The summed E-state index contributed by atoms with van der Waals surface area (Å²) in [5, 5.41) is 16.3. The van der Waals surface area contributed by atoms with Gasteiger partial charge in [0.05, 0.1) is 11.6 Å². The van der Waals surface area contributed by atoms with Crippen LogP contribution in [0.4, 0.5) is 0 Å². The van der Waals surface area contributed by atoms with Crippen molar-refractivity contribution in [2.24, 2.45) is 0 Å². The topological polar surface area (TPSA) is 62.5 Å². The number of nitriles is 1. The van der Waals surface area contributed by atoms with E-state index in [1.54, 1.807) is 0 Å². The van der Waals surface area contributed by atoms with Gasteiger partial charge in [-0.2, -0.15) is 5.26 Å². The van der Waals surface area contributed by atoms with Gasteiger partial charge in [0.1, 0.15) is 0 Å². The molecule has 4 heteroatoms. The molecule has 1 heterocycles. The molecule has 0 bridgehead atoms. The van der Waals surface area contributed by atoms with Gasteiger partial charge in [-0.15, -0.1) is 0 Å². The molecule has 0 N–H and O–H groups in total. The fourth-order valence-electron chi connectivity index (χ4n) is 9.53. The summed E-state index contributed by atoms with van der Waals surface area (Å²) < 4.78 is 0. The van der Waals surface area contributed by atoms with Gasteiger partial charge in [0.15, 0.2) is 17.5 Å². The molecule has 0 atom stereocenters. The first-order valence-electron chi connectivity index (χ1n) is 20.8. The minimum Gasteiger partial charge on any atom is -0.208 e. The molecular weight excluding hydrogens is 753 g/mol. The van der Waals surface area contributed by atoms with Crippen molar-refractivity contribution < 1.29 is 0 Å². The third-order valence-corrected chi connectivity index (χ3v) is 12.3. The van der Waals surface area contributed by atoms with Crippen LogP contribution >= 0.6 is 0 Å². The normalized spacial score (nSPS) is 11.5. The maximum atomic E-state index is 9.48. The van der Waals surface area contributed by atoms with Gasteiger partial charge >= 0.3 is 0 Å². The standard InChI is InChI=1S/C58H34N4/c59-35-36-26-28-37(29-27-36)40-18-13-19-41(34-40)42-30-31-49-43-20-7-8-21-44(43)50-32-33-51(53(42)54(49)50)52-45-22-9-11-24-47(45)55(48-25-12-10-23-46(48)52)58-61-56(38-14-3-1-4-15-38)60-57(62-58)39-16-5-2-6-17-39/h1-34H. The molecule has 62 heavy (non-hydrogen) atoms. The fraction of sp³-hybridized carbons (Fsp3) is 0. The average molecular weight is 787 g/mol. The predicted molar refractivity (Wildman–Crippen MR) is 254 cm³/mol. The SMILES string of the molecule is N#Cc1ccc(-c2cccc(-c3ccc4c5c(ccc(-c6c7ccccc7c(-c7nc(-c8ccccc8)nc(-c8ccccc8)n7)c7ccccc67)c35)-c3ccccc3-4)c2)cc1. The number of rotatable bonds is 6. The Morgan fingerprint density at radius 2 is 0.726 bits per heavy atom. The third-order valence-electron chi connectivity index (χ3n) is 12.3. The van der Waals surface area contributed by atoms with Gasteiger partial charge in [-0.25, -0.2) is 15.0 Å². The molecule has 0 saturated heterocycles. The Morgan fingerprint density at radius 1 is 0.290 bits per heavy atom. The van der Waals surface area contributed by atoms with E-state index < -0.39 is 0 Å². The summed E-state index contributed by atoms with van der Waals surface area (Å²) in [6.45, 7) is 0. The van der Waals surface area contributed by atoms with Crippen molar-refractivity contribution in [3.63, 3.8) is 0 Å². The molecule has 0 spiro atoms. The monoisotopic (exact) mass is 786 g/mol. The second kappa shape index (κ2) is 14.3. The first-order chi connectivity index (χ1) is 30.7. The molecule has 12 rings (SSSR count). The number of hydrogen-bond donors (Lipinski definition) is 0. The maximum Gasteiger partial charge on any atom is 0.165 e. The molecule has 0 amide bonds. The molecule has 0 fully saturated rings. The summed E-state index contributed by atoms with van der Waals surface area (Å²) in [5.41, 5.74) is 15.3. The van der Waals surface area contributed by atoms with Gasteiger partial charge in [-0.05, 0) is 106 Å². The Balaban J connectivity index is 1.16. The molecule has 4 nitrogen and oxygen atoms in total. The highest BCUT2D eigenvalue weighted by Crippen LogP contribution is 2.54. The first-order valence-corrected chi connectivity index (χ1v) is 20.8. The molecule has 10 aromatic carbocycles. The lowest BCUT2D eigenvalue weighted by atomic mass is 9.83. The van der Waals surface area contributed by atoms with Crippen LogP contribution in [0, 0.1) is 11.3 Å². The third kappa shape index (κ3) is 5.64. The summed E-state index contributed by atoms with van der Waals surface area (Å²) in [6, 6.07) is 74.7. The largest absolute Gasteiger partial charge is 0.208 e. The van der Waals surface area contributed by atoms with E-state index in [4.69, 9.17) is 15.0 Å². The highest BCUT2D eigenvalue weighted by molar-refractivity contribution is 6.28. The quantitative estimate of drug-likeness (QED) is 0.158. The van der Waals surface area contributed by atoms with Crippen LogP contribution in [0.15, 0.2) is 206 Å². The van der Waals surface area contributed by atoms with Crippen molar-refractivity contribution in [2.75, 3.05) is 0 Å². The van der Waals surface area contributed by atoms with Gasteiger partial charge in [0, 0.05) is 16.7 Å². The second-order valence-electron chi connectivity index (χ2n) is 15.8. The maximum absolute atomic E-state index is 9.48. The Hall–Kier alpha value is -8.52. The predicted octanol–water partition coefficient (Wildman–Crippen LogP) is 14.9. The van der Waals surface area contributed by atoms with E-state index in [2.05, 4.69) is 152 Å². The molecule has 1 aliphatic carbocycles. The van der Waals surface area contributed by atoms with E-state index in [0.29, 0.717) is 23.0 Å². The zero-order valence-corrected chi connectivity index (χ0v) is 33.4. The minimum absolute atomic E-state index is 0.631. The van der Waals surface area contributed by atoms with Crippen LogP contribution < -0.4 is 0 Å². The van der Waals surface area contributed by atoms with E-state index in [-0.39, 0.29) is 0 Å². The average Bonchev–Trinajstić information content (AvgIpc) is 3.68. The lowest BCUT2D eigenvalue weighted by molar-refractivity contribution is 1.08. The van der Waals surface area contributed by atoms with Crippen LogP contribution in [0.3, 0.4) is 0 Å². The Labute approximate surface area is 358 Å². The smallest absolute Gasteiger partial charge is 0.165 e. The van der Waals surface area contributed by atoms with E-state index in [0.717, 1.165) is 54.9 Å². The second-order valence-corrected chi connectivity index (χ2v) is 15.8. The summed E-state index contributed by atoms with van der Waals surface area (Å²) >= 11 is 0. The zero-order chi connectivity index (χ0) is 41.1. The molecular formula is C58H34N4. The van der Waals surface area contributed by atoms with Gasteiger partial charge in [0.2, 0.25) is 0 Å². The van der Waals surface area contributed by atoms with Crippen molar-refractivity contribution in [2.45, 2.75) is 0 Å². The van der Waals surface area contributed by atoms with Crippen molar-refractivity contribution in [1.29, 1.82) is 5.26 Å². The number of hydrogen-bond acceptors (Lipinski definition) is 4. The summed E-state index contributed by atoms with van der Waals surface area (Å²) in [7, 11) is 0. The van der Waals surface area contributed by atoms with Crippen LogP contribution in [0.25, 0.3) is 122 Å². The Kier molecular flexibility index (Phi) is 8.19. The van der Waals surface area contributed by atoms with Crippen LogP contribution in [-0.2, 0) is 0 Å². The highest BCUT2D eigenvalue weighted by Gasteiger charge is 2.27. The first kappa shape index (κ1) is 35.4. The molecule has 286 valence electrons. The summed E-state index contributed by atoms with van der Waals surface area (Å²) in [4.78, 5) is 15.6. The lowest BCUT2D eigenvalue weighted by Gasteiger charge is -2.20.